The molecule has 0 saturated carbocycles. The van der Waals surface area contributed by atoms with E-state index in [-0.39, 0.29) is 0 Å². The molecule has 1 N–H and O–H groups in total. The Balaban J connectivity index is 1.91. The van der Waals surface area contributed by atoms with E-state index in [9.17, 15) is 0 Å². The van der Waals surface area contributed by atoms with Crippen molar-refractivity contribution in [2.24, 2.45) is 0 Å². The molecule has 0 unspecified atom stereocenters. The third kappa shape index (κ3) is 2.90. The highest BCUT2D eigenvalue weighted by molar-refractivity contribution is 7.95. The Bertz CT molecular complexity index is 318. The van der Waals surface area contributed by atoms with Crippen molar-refractivity contribution in [3.05, 3.63) is 29.8 Å². The first-order valence-corrected chi connectivity index (χ1v) is 6.47. The van der Waals surface area contributed by atoms with Crippen LogP contribution in [0.5, 0.6) is 0 Å². The topological polar surface area (TPSA) is 18.5 Å². The lowest BCUT2D eigenvalue weighted by molar-refractivity contribution is 0.428. The van der Waals surface area contributed by atoms with Gasteiger partial charge < -0.3 is 4.90 Å². The van der Waals surface area contributed by atoms with Gasteiger partial charge in [-0.2, -0.15) is 0 Å². The van der Waals surface area contributed by atoms with Crippen molar-refractivity contribution in [3.63, 3.8) is 0 Å². The number of nitrogens with one attached hydrogen (secondary N) is 1. The molecule has 1 aliphatic heterocycles. The molecule has 3 nitrogen and oxygen atoms in total. The van der Waals surface area contributed by atoms with Gasteiger partial charge in [-0.1, -0.05) is 17.7 Å². The fourth-order valence-electron chi connectivity index (χ4n) is 1.92. The van der Waals surface area contributed by atoms with Crippen molar-refractivity contribution in [1.82, 2.24) is 9.03 Å². The maximum absolute atomic E-state index is 3.12. The van der Waals surface area contributed by atoms with E-state index in [1.165, 1.54) is 11.3 Å². The summed E-state index contributed by atoms with van der Waals surface area (Å²) >= 11 is 1.71. The maximum Gasteiger partial charge on any atom is 0.0367 e. The molecule has 1 aromatic rings. The molecule has 0 atom stereocenters. The Labute approximate surface area is 102 Å². The summed E-state index contributed by atoms with van der Waals surface area (Å²) in [6.45, 7) is 6.57. The van der Waals surface area contributed by atoms with E-state index in [1.807, 2.05) is 7.05 Å². The van der Waals surface area contributed by atoms with Gasteiger partial charge in [0.25, 0.3) is 0 Å². The van der Waals surface area contributed by atoms with Crippen LogP contribution in [0.15, 0.2) is 24.3 Å². The molecule has 1 aliphatic rings. The summed E-state index contributed by atoms with van der Waals surface area (Å²) in [6.07, 6.45) is 0. The van der Waals surface area contributed by atoms with Crippen LogP contribution in [0.1, 0.15) is 5.56 Å². The molecule has 1 aromatic carbocycles. The van der Waals surface area contributed by atoms with Gasteiger partial charge in [0, 0.05) is 44.0 Å². The first-order chi connectivity index (χ1) is 7.79. The van der Waals surface area contributed by atoms with Gasteiger partial charge in [-0.15, -0.1) is 0 Å². The minimum absolute atomic E-state index is 1.11. The highest BCUT2D eigenvalue weighted by Crippen LogP contribution is 2.18. The van der Waals surface area contributed by atoms with Gasteiger partial charge in [-0.05, 0) is 26.1 Å². The number of piperazine rings is 1. The Kier molecular flexibility index (Phi) is 4.09. The number of hydrogen-bond donors (Lipinski definition) is 1. The minimum Gasteiger partial charge on any atom is -0.369 e. The molecule has 1 saturated heterocycles. The zero-order valence-corrected chi connectivity index (χ0v) is 10.8. The first kappa shape index (κ1) is 11.8. The van der Waals surface area contributed by atoms with Crippen LogP contribution in [-0.2, 0) is 0 Å². The van der Waals surface area contributed by atoms with Crippen molar-refractivity contribution >= 4 is 17.8 Å². The Morgan fingerprint density at radius 3 is 2.25 bits per heavy atom. The van der Waals surface area contributed by atoms with Crippen LogP contribution in [0.4, 0.5) is 5.69 Å². The fourth-order valence-corrected chi connectivity index (χ4v) is 2.53. The highest BCUT2D eigenvalue weighted by Gasteiger charge is 2.16. The van der Waals surface area contributed by atoms with Crippen LogP contribution in [-0.4, -0.2) is 37.5 Å². The van der Waals surface area contributed by atoms with E-state index in [2.05, 4.69) is 45.1 Å². The molecule has 1 fully saturated rings. The average molecular weight is 237 g/mol. The average Bonchev–Trinajstić information content (AvgIpc) is 2.32. The lowest BCUT2D eigenvalue weighted by Gasteiger charge is -2.34. The second kappa shape index (κ2) is 5.57. The van der Waals surface area contributed by atoms with Crippen molar-refractivity contribution in [2.75, 3.05) is 38.1 Å². The van der Waals surface area contributed by atoms with E-state index in [1.54, 1.807) is 12.1 Å². The lowest BCUT2D eigenvalue weighted by Crippen LogP contribution is -2.44. The van der Waals surface area contributed by atoms with Crippen molar-refractivity contribution < 1.29 is 0 Å². The third-order valence-electron chi connectivity index (χ3n) is 2.86. The second-order valence-electron chi connectivity index (χ2n) is 4.05. The number of nitrogens with zero attached hydrogens (tertiary/aromatic N) is 2. The molecule has 0 bridgehead atoms. The standard InChI is InChI=1S/C12H19N3S/c1-11-3-5-12(6-4-11)14-7-9-15(10-8-14)16-13-2/h3-6,13H,7-10H2,1-2H3. The summed E-state index contributed by atoms with van der Waals surface area (Å²) in [6, 6.07) is 8.81. The number of rotatable bonds is 3. The molecule has 16 heavy (non-hydrogen) atoms. The van der Waals surface area contributed by atoms with Crippen molar-refractivity contribution in [2.45, 2.75) is 6.92 Å². The molecule has 0 spiro atoms. The summed E-state index contributed by atoms with van der Waals surface area (Å²) in [5.74, 6) is 0. The quantitative estimate of drug-likeness (QED) is 0.809. The molecule has 1 heterocycles. The van der Waals surface area contributed by atoms with Crippen molar-refractivity contribution in [3.8, 4) is 0 Å². The molecule has 0 aromatic heterocycles. The largest absolute Gasteiger partial charge is 0.369 e. The predicted octanol–water partition coefficient (Wildman–Crippen LogP) is 1.90. The maximum atomic E-state index is 3.12. The summed E-state index contributed by atoms with van der Waals surface area (Å²) in [5, 5.41) is 0. The molecule has 0 amide bonds. The zero-order valence-electron chi connectivity index (χ0n) is 9.94. The number of hydrogen-bond acceptors (Lipinski definition) is 4. The summed E-state index contributed by atoms with van der Waals surface area (Å²) in [5.41, 5.74) is 2.67. The summed E-state index contributed by atoms with van der Waals surface area (Å²) in [7, 11) is 1.97. The number of benzene rings is 1. The van der Waals surface area contributed by atoms with Gasteiger partial charge in [-0.3, -0.25) is 4.72 Å². The fraction of sp³-hybridized carbons (Fsp3) is 0.500. The van der Waals surface area contributed by atoms with Gasteiger partial charge >= 0.3 is 0 Å². The Morgan fingerprint density at radius 1 is 1.06 bits per heavy atom. The number of anilines is 1. The van der Waals surface area contributed by atoms with E-state index in [4.69, 9.17) is 0 Å². The summed E-state index contributed by atoms with van der Waals surface area (Å²) < 4.78 is 5.49. The molecular weight excluding hydrogens is 218 g/mol. The van der Waals surface area contributed by atoms with Crippen LogP contribution in [0.25, 0.3) is 0 Å². The van der Waals surface area contributed by atoms with E-state index in [0.717, 1.165) is 26.2 Å². The second-order valence-corrected chi connectivity index (χ2v) is 5.15. The SMILES string of the molecule is CNSN1CCN(c2ccc(C)cc2)CC1. The molecular formula is C12H19N3S. The highest BCUT2D eigenvalue weighted by atomic mass is 32.2. The van der Waals surface area contributed by atoms with Crippen LogP contribution < -0.4 is 9.62 Å². The van der Waals surface area contributed by atoms with Gasteiger partial charge in [0.05, 0.1) is 0 Å². The molecule has 0 aliphatic carbocycles. The normalized spacial score (nSPS) is 17.8. The smallest absolute Gasteiger partial charge is 0.0367 e. The first-order valence-electron chi connectivity index (χ1n) is 5.70. The van der Waals surface area contributed by atoms with Crippen LogP contribution in [0.2, 0.25) is 0 Å². The van der Waals surface area contributed by atoms with Gasteiger partial charge in [0.2, 0.25) is 0 Å². The van der Waals surface area contributed by atoms with Crippen LogP contribution in [0.3, 0.4) is 0 Å². The molecule has 4 heteroatoms. The van der Waals surface area contributed by atoms with E-state index >= 15 is 0 Å². The Morgan fingerprint density at radius 2 is 1.69 bits per heavy atom. The van der Waals surface area contributed by atoms with Crippen LogP contribution >= 0.6 is 12.1 Å². The predicted molar refractivity (Wildman–Crippen MR) is 71.6 cm³/mol. The zero-order chi connectivity index (χ0) is 11.4. The third-order valence-corrected chi connectivity index (χ3v) is 3.66. The van der Waals surface area contributed by atoms with Crippen LogP contribution in [0, 0.1) is 6.92 Å². The van der Waals surface area contributed by atoms with E-state index < -0.39 is 0 Å². The number of aryl methyl sites for hydroxylation is 1. The summed E-state index contributed by atoms with van der Waals surface area (Å²) in [4.78, 5) is 2.45. The van der Waals surface area contributed by atoms with Crippen molar-refractivity contribution in [1.29, 1.82) is 0 Å². The Hall–Kier alpha value is -0.710. The molecule has 2 rings (SSSR count). The van der Waals surface area contributed by atoms with Gasteiger partial charge in [-0.25, -0.2) is 4.31 Å². The van der Waals surface area contributed by atoms with E-state index in [0.29, 0.717) is 0 Å². The minimum atomic E-state index is 1.11. The molecule has 88 valence electrons. The van der Waals surface area contributed by atoms with Gasteiger partial charge in [0.15, 0.2) is 0 Å². The monoisotopic (exact) mass is 237 g/mol. The van der Waals surface area contributed by atoms with Gasteiger partial charge in [0.1, 0.15) is 0 Å². The lowest BCUT2D eigenvalue weighted by atomic mass is 10.2. The molecule has 0 radical (unpaired) electrons.